The molecule has 1 aliphatic carbocycles. The molecule has 134 valence electrons. The molecular formula is C22H23NO3. The highest BCUT2D eigenvalue weighted by Gasteiger charge is 2.23. The molecule has 3 rings (SSSR count). The molecule has 2 aromatic carbocycles. The van der Waals surface area contributed by atoms with Crippen molar-refractivity contribution in [3.8, 4) is 11.5 Å². The van der Waals surface area contributed by atoms with E-state index in [1.807, 2.05) is 19.1 Å². The van der Waals surface area contributed by atoms with Crippen LogP contribution in [0.25, 0.3) is 5.57 Å². The summed E-state index contributed by atoms with van der Waals surface area (Å²) in [6.45, 7) is 12.1. The Hall–Kier alpha value is -3.01. The lowest BCUT2D eigenvalue weighted by atomic mass is 9.91. The van der Waals surface area contributed by atoms with Gasteiger partial charge in [0.2, 0.25) is 0 Å². The molecule has 0 bridgehead atoms. The van der Waals surface area contributed by atoms with Gasteiger partial charge >= 0.3 is 0 Å². The molecule has 4 nitrogen and oxygen atoms in total. The Balaban J connectivity index is 1.95. The Morgan fingerprint density at radius 2 is 1.81 bits per heavy atom. The van der Waals surface area contributed by atoms with Gasteiger partial charge in [-0.1, -0.05) is 12.6 Å². The highest BCUT2D eigenvalue weighted by Crippen LogP contribution is 2.35. The van der Waals surface area contributed by atoms with E-state index in [1.54, 1.807) is 12.1 Å². The molecule has 0 radical (unpaired) electrons. The van der Waals surface area contributed by atoms with Crippen LogP contribution in [-0.2, 0) is 0 Å². The largest absolute Gasteiger partial charge is 0.508 e. The van der Waals surface area contributed by atoms with Crippen LogP contribution in [0.1, 0.15) is 35.3 Å². The normalized spacial score (nSPS) is 13.3. The summed E-state index contributed by atoms with van der Waals surface area (Å²) in [7, 11) is 0. The standard InChI is InChI=1S/C22H23NO3/c1-5-23(6-2)16-8-7-14(3)21(11-16)26-22-13-20(25)19-12-17(24)9-10-18(19)15(22)4/h7-13,24H,4-6H2,1-3H3. The Bertz CT molecular complexity index is 908. The molecule has 0 aliphatic heterocycles. The lowest BCUT2D eigenvalue weighted by Gasteiger charge is -2.24. The fourth-order valence-corrected chi connectivity index (χ4v) is 3.11. The Labute approximate surface area is 154 Å². The molecule has 0 fully saturated rings. The molecule has 0 atom stereocenters. The number of rotatable bonds is 5. The van der Waals surface area contributed by atoms with Gasteiger partial charge in [0.15, 0.2) is 5.78 Å². The first kappa shape index (κ1) is 17.8. The van der Waals surface area contributed by atoms with Crippen molar-refractivity contribution >= 4 is 17.0 Å². The van der Waals surface area contributed by atoms with Gasteiger partial charge in [0, 0.05) is 42.1 Å². The molecule has 0 aromatic heterocycles. The van der Waals surface area contributed by atoms with E-state index >= 15 is 0 Å². The monoisotopic (exact) mass is 349 g/mol. The first-order valence-corrected chi connectivity index (χ1v) is 8.76. The van der Waals surface area contributed by atoms with Gasteiger partial charge in [-0.3, -0.25) is 4.79 Å². The summed E-state index contributed by atoms with van der Waals surface area (Å²) >= 11 is 0. The van der Waals surface area contributed by atoms with Crippen LogP contribution in [-0.4, -0.2) is 24.0 Å². The maximum absolute atomic E-state index is 12.4. The number of fused-ring (bicyclic) bond motifs is 1. The quantitative estimate of drug-likeness (QED) is 0.848. The van der Waals surface area contributed by atoms with E-state index in [1.165, 1.54) is 12.1 Å². The van der Waals surface area contributed by atoms with Crippen molar-refractivity contribution in [2.75, 3.05) is 18.0 Å². The minimum atomic E-state index is -0.198. The summed E-state index contributed by atoms with van der Waals surface area (Å²) in [5.41, 5.74) is 3.82. The fourth-order valence-electron chi connectivity index (χ4n) is 3.11. The number of ether oxygens (including phenoxy) is 1. The number of aryl methyl sites for hydroxylation is 1. The van der Waals surface area contributed by atoms with Crippen LogP contribution in [0, 0.1) is 6.92 Å². The van der Waals surface area contributed by atoms with Gasteiger partial charge in [0.05, 0.1) is 0 Å². The Kier molecular flexibility index (Phi) is 4.85. The molecule has 0 unspecified atom stereocenters. The molecule has 0 saturated carbocycles. The Morgan fingerprint density at radius 3 is 2.50 bits per heavy atom. The molecule has 1 N–H and O–H groups in total. The molecule has 1 aliphatic rings. The predicted octanol–water partition coefficient (Wildman–Crippen LogP) is 4.72. The maximum atomic E-state index is 12.4. The summed E-state index contributed by atoms with van der Waals surface area (Å²) in [5, 5.41) is 9.62. The number of hydrogen-bond acceptors (Lipinski definition) is 4. The van der Waals surface area contributed by atoms with Crippen molar-refractivity contribution in [2.45, 2.75) is 20.8 Å². The van der Waals surface area contributed by atoms with Crippen molar-refractivity contribution in [1.82, 2.24) is 0 Å². The van der Waals surface area contributed by atoms with Crippen LogP contribution in [0.4, 0.5) is 5.69 Å². The smallest absolute Gasteiger partial charge is 0.190 e. The van der Waals surface area contributed by atoms with Crippen LogP contribution >= 0.6 is 0 Å². The van der Waals surface area contributed by atoms with Gasteiger partial charge in [-0.15, -0.1) is 0 Å². The number of allylic oxidation sites excluding steroid dienone is 2. The molecule has 26 heavy (non-hydrogen) atoms. The zero-order valence-electron chi connectivity index (χ0n) is 15.4. The highest BCUT2D eigenvalue weighted by atomic mass is 16.5. The maximum Gasteiger partial charge on any atom is 0.190 e. The van der Waals surface area contributed by atoms with Gasteiger partial charge in [-0.05, 0) is 56.2 Å². The van der Waals surface area contributed by atoms with Crippen LogP contribution in [0.15, 0.2) is 54.8 Å². The number of aromatic hydroxyl groups is 1. The van der Waals surface area contributed by atoms with E-state index in [4.69, 9.17) is 4.74 Å². The SMILES string of the molecule is C=C1C(Oc2cc(N(CC)CC)ccc2C)=CC(=O)c2cc(O)ccc21. The van der Waals surface area contributed by atoms with E-state index in [-0.39, 0.29) is 11.5 Å². The number of carbonyl (C=O) groups is 1. The number of anilines is 1. The van der Waals surface area contributed by atoms with E-state index in [2.05, 4.69) is 31.4 Å². The van der Waals surface area contributed by atoms with Gasteiger partial charge in [-0.2, -0.15) is 0 Å². The van der Waals surface area contributed by atoms with Crippen molar-refractivity contribution in [2.24, 2.45) is 0 Å². The van der Waals surface area contributed by atoms with E-state index < -0.39 is 0 Å². The minimum Gasteiger partial charge on any atom is -0.508 e. The number of ketones is 1. The van der Waals surface area contributed by atoms with Crippen LogP contribution < -0.4 is 9.64 Å². The van der Waals surface area contributed by atoms with Gasteiger partial charge < -0.3 is 14.7 Å². The number of benzene rings is 2. The molecule has 0 amide bonds. The van der Waals surface area contributed by atoms with Crippen molar-refractivity contribution in [3.05, 3.63) is 71.5 Å². The van der Waals surface area contributed by atoms with Gasteiger partial charge in [0.1, 0.15) is 17.3 Å². The average molecular weight is 349 g/mol. The summed E-state index contributed by atoms with van der Waals surface area (Å²) in [6.07, 6.45) is 1.44. The van der Waals surface area contributed by atoms with Crippen LogP contribution in [0.5, 0.6) is 11.5 Å². The zero-order chi connectivity index (χ0) is 18.8. The second kappa shape index (κ2) is 7.08. The lowest BCUT2D eigenvalue weighted by molar-refractivity contribution is 0.104. The number of phenolic OH excluding ortho intramolecular Hbond substituents is 1. The Morgan fingerprint density at radius 1 is 1.08 bits per heavy atom. The van der Waals surface area contributed by atoms with Crippen molar-refractivity contribution in [3.63, 3.8) is 0 Å². The molecular weight excluding hydrogens is 326 g/mol. The molecule has 0 heterocycles. The lowest BCUT2D eigenvalue weighted by Crippen LogP contribution is -2.21. The first-order valence-electron chi connectivity index (χ1n) is 8.76. The summed E-state index contributed by atoms with van der Waals surface area (Å²) in [5.74, 6) is 1.01. The molecule has 0 spiro atoms. The first-order chi connectivity index (χ1) is 12.4. The third kappa shape index (κ3) is 3.23. The molecule has 2 aromatic rings. The van der Waals surface area contributed by atoms with Crippen LogP contribution in [0.3, 0.4) is 0 Å². The third-order valence-electron chi connectivity index (χ3n) is 4.67. The van der Waals surface area contributed by atoms with E-state index in [9.17, 15) is 9.90 Å². The number of hydrogen-bond donors (Lipinski definition) is 1. The fraction of sp³-hybridized carbons (Fsp3) is 0.227. The topological polar surface area (TPSA) is 49.8 Å². The third-order valence-corrected chi connectivity index (χ3v) is 4.67. The number of carbonyl (C=O) groups excluding carboxylic acids is 1. The highest BCUT2D eigenvalue weighted by molar-refractivity contribution is 6.13. The number of phenols is 1. The summed E-state index contributed by atoms with van der Waals surface area (Å²) in [6, 6.07) is 10.8. The second-order valence-corrected chi connectivity index (χ2v) is 6.31. The summed E-state index contributed by atoms with van der Waals surface area (Å²) < 4.78 is 6.09. The average Bonchev–Trinajstić information content (AvgIpc) is 2.63. The van der Waals surface area contributed by atoms with E-state index in [0.29, 0.717) is 28.2 Å². The van der Waals surface area contributed by atoms with Gasteiger partial charge in [0.25, 0.3) is 0 Å². The van der Waals surface area contributed by atoms with Crippen molar-refractivity contribution in [1.29, 1.82) is 0 Å². The second-order valence-electron chi connectivity index (χ2n) is 6.31. The van der Waals surface area contributed by atoms with Crippen LogP contribution in [0.2, 0.25) is 0 Å². The minimum absolute atomic E-state index is 0.0606. The molecule has 4 heteroatoms. The van der Waals surface area contributed by atoms with Crippen molar-refractivity contribution < 1.29 is 14.6 Å². The predicted molar refractivity (Wildman–Crippen MR) is 105 cm³/mol. The molecule has 0 saturated heterocycles. The van der Waals surface area contributed by atoms with E-state index in [0.717, 1.165) is 24.3 Å². The number of nitrogens with zero attached hydrogens (tertiary/aromatic N) is 1. The van der Waals surface area contributed by atoms with Gasteiger partial charge in [-0.25, -0.2) is 0 Å². The summed E-state index contributed by atoms with van der Waals surface area (Å²) in [4.78, 5) is 14.7. The zero-order valence-corrected chi connectivity index (χ0v) is 15.4.